The van der Waals surface area contributed by atoms with E-state index in [2.05, 4.69) is 0 Å². The van der Waals surface area contributed by atoms with Crippen LogP contribution in [0.5, 0.6) is 0 Å². The fourth-order valence-corrected chi connectivity index (χ4v) is 8.12. The molecule has 15 heteroatoms. The summed E-state index contributed by atoms with van der Waals surface area (Å²) in [4.78, 5) is 25.8. The van der Waals surface area contributed by atoms with Gasteiger partial charge in [0.25, 0.3) is 0 Å². The van der Waals surface area contributed by atoms with Gasteiger partial charge in [0.05, 0.1) is 45.1 Å². The van der Waals surface area contributed by atoms with Gasteiger partial charge in [-0.3, -0.25) is 4.79 Å². The lowest BCUT2D eigenvalue weighted by molar-refractivity contribution is -0.351. The Labute approximate surface area is 274 Å². The fourth-order valence-electron chi connectivity index (χ4n) is 8.12. The van der Waals surface area contributed by atoms with Crippen molar-refractivity contribution in [2.24, 2.45) is 23.7 Å². The van der Waals surface area contributed by atoms with Gasteiger partial charge in [0.2, 0.25) is 0 Å². The van der Waals surface area contributed by atoms with Crippen molar-refractivity contribution >= 4 is 11.9 Å². The van der Waals surface area contributed by atoms with Crippen LogP contribution in [0.3, 0.4) is 0 Å². The van der Waals surface area contributed by atoms with E-state index in [1.807, 2.05) is 0 Å². The van der Waals surface area contributed by atoms with Crippen LogP contribution >= 0.6 is 0 Å². The van der Waals surface area contributed by atoms with Crippen LogP contribution in [-0.4, -0.2) is 143 Å². The van der Waals surface area contributed by atoms with Gasteiger partial charge in [0.1, 0.15) is 42.7 Å². The molecular weight excluding hydrogens is 624 g/mol. The minimum Gasteiger partial charge on any atom is -0.469 e. The molecule has 0 aromatic heterocycles. The molecule has 0 spiro atoms. The van der Waals surface area contributed by atoms with Crippen molar-refractivity contribution in [2.45, 2.75) is 144 Å². The van der Waals surface area contributed by atoms with E-state index < -0.39 is 110 Å². The zero-order valence-electron chi connectivity index (χ0n) is 27.5. The number of aliphatic hydroxyl groups excluding tert-OH is 6. The zero-order valence-corrected chi connectivity index (χ0v) is 27.5. The summed E-state index contributed by atoms with van der Waals surface area (Å²) in [6, 6.07) is 0. The van der Waals surface area contributed by atoms with E-state index in [4.69, 9.17) is 33.2 Å². The Bertz CT molecular complexity index is 1070. The van der Waals surface area contributed by atoms with Gasteiger partial charge < -0.3 is 63.8 Å². The molecule has 47 heavy (non-hydrogen) atoms. The molecule has 0 amide bonds. The molecule has 0 aromatic rings. The monoisotopic (exact) mass is 676 g/mol. The van der Waals surface area contributed by atoms with Crippen LogP contribution in [0.4, 0.5) is 0 Å². The minimum atomic E-state index is -1.65. The largest absolute Gasteiger partial charge is 0.469 e. The third-order valence-corrected chi connectivity index (χ3v) is 10.9. The van der Waals surface area contributed by atoms with E-state index in [0.29, 0.717) is 12.8 Å². The number of carbonyl (C=O) groups is 2. The van der Waals surface area contributed by atoms with Crippen molar-refractivity contribution in [3.8, 4) is 0 Å². The quantitative estimate of drug-likeness (QED) is 0.155. The van der Waals surface area contributed by atoms with Crippen molar-refractivity contribution in [1.82, 2.24) is 0 Å². The summed E-state index contributed by atoms with van der Waals surface area (Å²) in [6.07, 6.45) is -10.1. The maximum absolute atomic E-state index is 13.1. The molecule has 2 saturated heterocycles. The van der Waals surface area contributed by atoms with Crippen molar-refractivity contribution in [2.75, 3.05) is 20.8 Å². The summed E-state index contributed by atoms with van der Waals surface area (Å²) in [6.45, 7) is 2.66. The normalized spacial score (nSPS) is 47.7. The van der Waals surface area contributed by atoms with Crippen LogP contribution in [-0.2, 0) is 42.7 Å². The lowest BCUT2D eigenvalue weighted by Gasteiger charge is -2.47. The van der Waals surface area contributed by atoms with E-state index in [-0.39, 0.29) is 18.3 Å². The molecule has 5 fully saturated rings. The van der Waals surface area contributed by atoms with Crippen LogP contribution < -0.4 is 0 Å². The SMILES string of the molecule is COC(=O)C1CC(C)C(OC2OC(C)C(O)C(O)C2O)C(OC2OC(CO)C(O)C(OC3(C(=O)OC)CC3C3CCCCC3)C2O)C1. The van der Waals surface area contributed by atoms with Crippen LogP contribution in [0.1, 0.15) is 65.2 Å². The van der Waals surface area contributed by atoms with Crippen LogP contribution in [0, 0.1) is 23.7 Å². The summed E-state index contributed by atoms with van der Waals surface area (Å²) in [5, 5.41) is 64.0. The van der Waals surface area contributed by atoms with Crippen LogP contribution in [0.15, 0.2) is 0 Å². The van der Waals surface area contributed by atoms with Crippen molar-refractivity contribution in [3.05, 3.63) is 0 Å². The van der Waals surface area contributed by atoms with Gasteiger partial charge in [-0.2, -0.15) is 0 Å². The van der Waals surface area contributed by atoms with Gasteiger partial charge >= 0.3 is 11.9 Å². The molecule has 0 radical (unpaired) electrons. The Kier molecular flexibility index (Phi) is 11.9. The molecule has 2 heterocycles. The summed E-state index contributed by atoms with van der Waals surface area (Å²) < 4.78 is 40.4. The number of hydrogen-bond acceptors (Lipinski definition) is 15. The second kappa shape index (κ2) is 15.2. The molecule has 0 aromatic carbocycles. The van der Waals surface area contributed by atoms with Gasteiger partial charge in [-0.25, -0.2) is 4.79 Å². The number of esters is 2. The Hall–Kier alpha value is -1.50. The van der Waals surface area contributed by atoms with E-state index in [0.717, 1.165) is 32.1 Å². The molecule has 5 aliphatic rings. The van der Waals surface area contributed by atoms with E-state index in [9.17, 15) is 40.2 Å². The van der Waals surface area contributed by atoms with E-state index in [1.165, 1.54) is 21.1 Å². The van der Waals surface area contributed by atoms with Gasteiger partial charge in [-0.1, -0.05) is 39.0 Å². The molecule has 16 unspecified atom stereocenters. The summed E-state index contributed by atoms with van der Waals surface area (Å²) in [5.41, 5.74) is -1.37. The summed E-state index contributed by atoms with van der Waals surface area (Å²) in [7, 11) is 2.53. The fraction of sp³-hybridized carbons (Fsp3) is 0.938. The average Bonchev–Trinajstić information content (AvgIpc) is 3.81. The molecule has 0 bridgehead atoms. The maximum atomic E-state index is 13.1. The number of aliphatic hydroxyl groups is 6. The highest BCUT2D eigenvalue weighted by molar-refractivity contribution is 5.83. The predicted octanol–water partition coefficient (Wildman–Crippen LogP) is -0.860. The molecule has 3 aliphatic carbocycles. The van der Waals surface area contributed by atoms with Crippen molar-refractivity contribution < 1.29 is 73.4 Å². The lowest BCUT2D eigenvalue weighted by Crippen LogP contribution is -2.63. The van der Waals surface area contributed by atoms with Gasteiger partial charge in [0.15, 0.2) is 18.2 Å². The summed E-state index contributed by atoms with van der Waals surface area (Å²) >= 11 is 0. The Morgan fingerprint density at radius 1 is 0.787 bits per heavy atom. The average molecular weight is 677 g/mol. The molecular formula is C32H52O15. The highest BCUT2D eigenvalue weighted by Gasteiger charge is 2.67. The van der Waals surface area contributed by atoms with E-state index >= 15 is 0 Å². The first kappa shape index (κ1) is 36.8. The van der Waals surface area contributed by atoms with E-state index in [1.54, 1.807) is 6.92 Å². The number of rotatable bonds is 10. The zero-order chi connectivity index (χ0) is 34.2. The van der Waals surface area contributed by atoms with Gasteiger partial charge in [-0.05, 0) is 38.0 Å². The number of ether oxygens (including phenoxy) is 7. The highest BCUT2D eigenvalue weighted by atomic mass is 16.7. The van der Waals surface area contributed by atoms with Gasteiger partial charge in [0, 0.05) is 5.92 Å². The van der Waals surface area contributed by atoms with Crippen molar-refractivity contribution in [1.29, 1.82) is 0 Å². The first-order valence-corrected chi connectivity index (χ1v) is 16.8. The summed E-state index contributed by atoms with van der Waals surface area (Å²) in [5.74, 6) is -2.02. The van der Waals surface area contributed by atoms with Gasteiger partial charge in [-0.15, -0.1) is 0 Å². The number of methoxy groups -OCH3 is 2. The molecule has 6 N–H and O–H groups in total. The topological polar surface area (TPSA) is 220 Å². The van der Waals surface area contributed by atoms with Crippen LogP contribution in [0.25, 0.3) is 0 Å². The minimum absolute atomic E-state index is 0.0472. The first-order chi connectivity index (χ1) is 22.4. The number of carbonyl (C=O) groups excluding carboxylic acids is 2. The molecule has 3 saturated carbocycles. The Balaban J connectivity index is 1.37. The first-order valence-electron chi connectivity index (χ1n) is 16.8. The van der Waals surface area contributed by atoms with Crippen molar-refractivity contribution in [3.63, 3.8) is 0 Å². The second-order valence-electron chi connectivity index (χ2n) is 14.0. The third-order valence-electron chi connectivity index (χ3n) is 10.9. The molecule has 270 valence electrons. The van der Waals surface area contributed by atoms with Crippen LogP contribution in [0.2, 0.25) is 0 Å². The maximum Gasteiger partial charge on any atom is 0.338 e. The Morgan fingerprint density at radius 2 is 1.47 bits per heavy atom. The predicted molar refractivity (Wildman–Crippen MR) is 158 cm³/mol. The molecule has 5 rings (SSSR count). The highest BCUT2D eigenvalue weighted by Crippen LogP contribution is 2.57. The second-order valence-corrected chi connectivity index (χ2v) is 14.0. The Morgan fingerprint density at radius 3 is 2.11 bits per heavy atom. The standard InChI is InChI=1S/C32H52O15/c1-14-10-17(28(39)41-3)11-19(26(14)46-29-24(37)23(36)21(34)15(2)43-29)44-30-25(38)27(22(35)20(13-33)45-30)47-32(31(40)42-4)12-18(32)16-8-6-5-7-9-16/h14-27,29-30,33-38H,5-13H2,1-4H3. The molecule has 15 nitrogen and oxygen atoms in total. The molecule has 2 aliphatic heterocycles. The lowest BCUT2D eigenvalue weighted by atomic mass is 9.78. The number of hydrogen-bond donors (Lipinski definition) is 6. The smallest absolute Gasteiger partial charge is 0.338 e. The molecule has 16 atom stereocenters. The third kappa shape index (κ3) is 7.36.